The van der Waals surface area contributed by atoms with Crippen molar-refractivity contribution in [2.75, 3.05) is 18.5 Å². The van der Waals surface area contributed by atoms with Gasteiger partial charge in [-0.05, 0) is 24.1 Å². The first-order valence-electron chi connectivity index (χ1n) is 7.22. The lowest BCUT2D eigenvalue weighted by Gasteiger charge is -2.08. The van der Waals surface area contributed by atoms with E-state index in [0.29, 0.717) is 13.0 Å². The molecule has 114 valence electrons. The van der Waals surface area contributed by atoms with Crippen molar-refractivity contribution in [3.63, 3.8) is 0 Å². The number of anilines is 1. The van der Waals surface area contributed by atoms with Gasteiger partial charge in [-0.1, -0.05) is 24.3 Å². The van der Waals surface area contributed by atoms with Gasteiger partial charge in [0, 0.05) is 18.7 Å². The van der Waals surface area contributed by atoms with Crippen molar-refractivity contribution in [3.05, 3.63) is 48.2 Å². The number of fused-ring (bicyclic) bond motifs is 1. The van der Waals surface area contributed by atoms with Gasteiger partial charge >= 0.3 is 0 Å². The average Bonchev–Trinajstić information content (AvgIpc) is 2.98. The normalized spacial score (nSPS) is 11.0. The van der Waals surface area contributed by atoms with Crippen molar-refractivity contribution >= 4 is 11.5 Å². The van der Waals surface area contributed by atoms with E-state index < -0.39 is 0 Å². The number of benzene rings is 1. The first-order chi connectivity index (χ1) is 10.8. The fourth-order valence-electron chi connectivity index (χ4n) is 2.35. The smallest absolute Gasteiger partial charge is 0.154 e. The highest BCUT2D eigenvalue weighted by Crippen LogP contribution is 2.24. The Hall–Kier alpha value is -2.44. The summed E-state index contributed by atoms with van der Waals surface area (Å²) in [5, 5.41) is 26.0. The first kappa shape index (κ1) is 14.5. The molecule has 0 spiro atoms. The van der Waals surface area contributed by atoms with Crippen LogP contribution in [0.15, 0.2) is 42.6 Å². The summed E-state index contributed by atoms with van der Waals surface area (Å²) in [6.07, 6.45) is 2.43. The number of imidazole rings is 1. The van der Waals surface area contributed by atoms with Gasteiger partial charge in [0.05, 0.1) is 18.5 Å². The highest BCUT2D eigenvalue weighted by Gasteiger charge is 2.11. The number of hydrogen-bond acceptors (Lipinski definition) is 5. The summed E-state index contributed by atoms with van der Waals surface area (Å²) in [5.41, 5.74) is 3.34. The van der Waals surface area contributed by atoms with Crippen LogP contribution in [0.1, 0.15) is 12.0 Å². The third-order valence-corrected chi connectivity index (χ3v) is 3.47. The van der Waals surface area contributed by atoms with Crippen molar-refractivity contribution in [1.29, 1.82) is 0 Å². The standard InChI is InChI=1S/C16H18N4O2/c21-9-3-8-17-15-6-7-16-18-10-14(20(16)19-15)13-5-2-1-4-12(13)11-22/h1-2,4-7,10,21-22H,3,8-9,11H2,(H,17,19). The predicted octanol–water partition coefficient (Wildman–Crippen LogP) is 1.68. The van der Waals surface area contributed by atoms with Gasteiger partial charge in [-0.2, -0.15) is 0 Å². The molecule has 3 aromatic rings. The van der Waals surface area contributed by atoms with E-state index in [1.165, 1.54) is 0 Å². The van der Waals surface area contributed by atoms with Gasteiger partial charge in [0.2, 0.25) is 0 Å². The number of nitrogens with zero attached hydrogens (tertiary/aromatic N) is 3. The minimum atomic E-state index is -0.0299. The second-order valence-corrected chi connectivity index (χ2v) is 4.95. The second kappa shape index (κ2) is 6.55. The van der Waals surface area contributed by atoms with Crippen molar-refractivity contribution in [1.82, 2.24) is 14.6 Å². The van der Waals surface area contributed by atoms with E-state index in [0.717, 1.165) is 28.3 Å². The Morgan fingerprint density at radius 1 is 1.09 bits per heavy atom. The van der Waals surface area contributed by atoms with E-state index in [4.69, 9.17) is 5.11 Å². The van der Waals surface area contributed by atoms with Crippen LogP contribution in [0, 0.1) is 0 Å². The third-order valence-electron chi connectivity index (χ3n) is 3.47. The molecule has 0 unspecified atom stereocenters. The molecule has 0 saturated heterocycles. The van der Waals surface area contributed by atoms with E-state index in [2.05, 4.69) is 15.4 Å². The van der Waals surface area contributed by atoms with E-state index in [-0.39, 0.29) is 13.2 Å². The van der Waals surface area contributed by atoms with E-state index >= 15 is 0 Å². The van der Waals surface area contributed by atoms with Gasteiger partial charge in [0.15, 0.2) is 5.65 Å². The van der Waals surface area contributed by atoms with Gasteiger partial charge in [-0.3, -0.25) is 0 Å². The summed E-state index contributed by atoms with van der Waals surface area (Å²) in [6.45, 7) is 0.777. The lowest BCUT2D eigenvalue weighted by Crippen LogP contribution is -2.07. The molecule has 3 rings (SSSR count). The molecule has 2 heterocycles. The van der Waals surface area contributed by atoms with Crippen LogP contribution in [-0.4, -0.2) is 38.0 Å². The number of aliphatic hydroxyl groups excluding tert-OH is 2. The van der Waals surface area contributed by atoms with Crippen LogP contribution in [0.2, 0.25) is 0 Å². The SMILES string of the molecule is OCCCNc1ccc2ncc(-c3ccccc3CO)n2n1. The summed E-state index contributed by atoms with van der Waals surface area (Å²) in [6, 6.07) is 11.4. The zero-order valence-corrected chi connectivity index (χ0v) is 12.1. The summed E-state index contributed by atoms with van der Waals surface area (Å²) in [7, 11) is 0. The molecule has 0 amide bonds. The summed E-state index contributed by atoms with van der Waals surface area (Å²) in [4.78, 5) is 4.36. The molecule has 0 radical (unpaired) electrons. The molecule has 22 heavy (non-hydrogen) atoms. The Bertz CT molecular complexity index is 770. The largest absolute Gasteiger partial charge is 0.396 e. The molecule has 0 saturated carbocycles. The van der Waals surface area contributed by atoms with Gasteiger partial charge in [-0.15, -0.1) is 5.10 Å². The second-order valence-electron chi connectivity index (χ2n) is 4.95. The van der Waals surface area contributed by atoms with Crippen LogP contribution in [0.4, 0.5) is 5.82 Å². The van der Waals surface area contributed by atoms with Crippen molar-refractivity contribution in [3.8, 4) is 11.3 Å². The third kappa shape index (κ3) is 2.79. The highest BCUT2D eigenvalue weighted by molar-refractivity contribution is 5.67. The van der Waals surface area contributed by atoms with Crippen LogP contribution in [0.3, 0.4) is 0 Å². The van der Waals surface area contributed by atoms with Crippen LogP contribution < -0.4 is 5.32 Å². The van der Waals surface area contributed by atoms with Crippen LogP contribution in [0.5, 0.6) is 0 Å². The molecule has 0 aliphatic carbocycles. The molecule has 0 aliphatic heterocycles. The Morgan fingerprint density at radius 2 is 1.95 bits per heavy atom. The molecular formula is C16H18N4O2. The van der Waals surface area contributed by atoms with E-state index in [1.807, 2.05) is 36.4 Å². The Balaban J connectivity index is 2.01. The topological polar surface area (TPSA) is 82.7 Å². The molecule has 0 fully saturated rings. The summed E-state index contributed by atoms with van der Waals surface area (Å²) < 4.78 is 1.76. The average molecular weight is 298 g/mol. The fourth-order valence-corrected chi connectivity index (χ4v) is 2.35. The van der Waals surface area contributed by atoms with Crippen molar-refractivity contribution < 1.29 is 10.2 Å². The molecule has 0 bridgehead atoms. The number of hydrogen-bond donors (Lipinski definition) is 3. The van der Waals surface area contributed by atoms with E-state index in [9.17, 15) is 5.11 Å². The van der Waals surface area contributed by atoms with Gasteiger partial charge in [-0.25, -0.2) is 9.50 Å². The maximum absolute atomic E-state index is 9.50. The Morgan fingerprint density at radius 3 is 2.77 bits per heavy atom. The zero-order chi connectivity index (χ0) is 15.4. The molecule has 2 aromatic heterocycles. The lowest BCUT2D eigenvalue weighted by molar-refractivity contribution is 0.282. The molecule has 6 heteroatoms. The molecule has 1 aromatic carbocycles. The maximum Gasteiger partial charge on any atom is 0.154 e. The number of aliphatic hydroxyl groups is 2. The van der Waals surface area contributed by atoms with Crippen LogP contribution >= 0.6 is 0 Å². The predicted molar refractivity (Wildman–Crippen MR) is 84.5 cm³/mol. The Labute approximate surface area is 128 Å². The minimum Gasteiger partial charge on any atom is -0.396 e. The summed E-state index contributed by atoms with van der Waals surface area (Å²) in [5.74, 6) is 0.724. The summed E-state index contributed by atoms with van der Waals surface area (Å²) >= 11 is 0. The monoisotopic (exact) mass is 298 g/mol. The van der Waals surface area contributed by atoms with Crippen molar-refractivity contribution in [2.24, 2.45) is 0 Å². The van der Waals surface area contributed by atoms with Crippen LogP contribution in [0.25, 0.3) is 16.9 Å². The highest BCUT2D eigenvalue weighted by atomic mass is 16.3. The van der Waals surface area contributed by atoms with Gasteiger partial charge in [0.25, 0.3) is 0 Å². The molecule has 3 N–H and O–H groups in total. The van der Waals surface area contributed by atoms with Gasteiger partial charge in [0.1, 0.15) is 5.82 Å². The number of nitrogens with one attached hydrogen (secondary N) is 1. The molecule has 0 atom stereocenters. The van der Waals surface area contributed by atoms with Crippen molar-refractivity contribution in [2.45, 2.75) is 13.0 Å². The number of rotatable bonds is 6. The quantitative estimate of drug-likeness (QED) is 0.603. The fraction of sp³-hybridized carbons (Fsp3) is 0.250. The van der Waals surface area contributed by atoms with Crippen LogP contribution in [-0.2, 0) is 6.61 Å². The molecular weight excluding hydrogens is 280 g/mol. The minimum absolute atomic E-state index is 0.0299. The first-order valence-corrected chi connectivity index (χ1v) is 7.22. The van der Waals surface area contributed by atoms with E-state index in [1.54, 1.807) is 10.7 Å². The van der Waals surface area contributed by atoms with Gasteiger partial charge < -0.3 is 15.5 Å². The molecule has 0 aliphatic rings. The molecule has 6 nitrogen and oxygen atoms in total. The number of aromatic nitrogens is 3. The lowest BCUT2D eigenvalue weighted by atomic mass is 10.1. The Kier molecular flexibility index (Phi) is 4.32. The zero-order valence-electron chi connectivity index (χ0n) is 12.1. The maximum atomic E-state index is 9.50.